The Labute approximate surface area is 164 Å². The maximum atomic E-state index is 12.2. The molecule has 1 heterocycles. The van der Waals surface area contributed by atoms with E-state index in [0.717, 1.165) is 17.9 Å². The molecular weight excluding hydrogens is 356 g/mol. The van der Waals surface area contributed by atoms with Crippen molar-refractivity contribution >= 4 is 5.91 Å². The van der Waals surface area contributed by atoms with Crippen LogP contribution in [0.15, 0.2) is 54.6 Å². The zero-order chi connectivity index (χ0) is 19.8. The highest BCUT2D eigenvalue weighted by molar-refractivity contribution is 5.75. The van der Waals surface area contributed by atoms with Crippen LogP contribution in [0.2, 0.25) is 0 Å². The Morgan fingerprint density at radius 3 is 2.54 bits per heavy atom. The predicted molar refractivity (Wildman–Crippen MR) is 104 cm³/mol. The summed E-state index contributed by atoms with van der Waals surface area (Å²) in [7, 11) is 4.04. The number of hydrogen-bond acceptors (Lipinski definition) is 6. The zero-order valence-corrected chi connectivity index (χ0v) is 16.1. The summed E-state index contributed by atoms with van der Waals surface area (Å²) < 4.78 is 5.58. The molecule has 0 atom stereocenters. The number of tetrazole rings is 1. The summed E-state index contributed by atoms with van der Waals surface area (Å²) in [5.74, 6) is 0.980. The summed E-state index contributed by atoms with van der Waals surface area (Å²) in [5, 5.41) is 14.9. The number of carbonyl (C=O) groups excluding carboxylic acids is 1. The van der Waals surface area contributed by atoms with Gasteiger partial charge in [-0.2, -0.15) is 4.80 Å². The van der Waals surface area contributed by atoms with Gasteiger partial charge in [0.25, 0.3) is 0 Å². The third-order valence-electron chi connectivity index (χ3n) is 3.97. The summed E-state index contributed by atoms with van der Waals surface area (Å²) >= 11 is 0. The molecule has 1 amide bonds. The van der Waals surface area contributed by atoms with Crippen molar-refractivity contribution in [3.8, 4) is 5.75 Å². The highest BCUT2D eigenvalue weighted by Crippen LogP contribution is 2.11. The van der Waals surface area contributed by atoms with Gasteiger partial charge in [-0.05, 0) is 42.6 Å². The van der Waals surface area contributed by atoms with E-state index < -0.39 is 0 Å². The molecular formula is C20H24N6O2. The van der Waals surface area contributed by atoms with Crippen LogP contribution in [0.3, 0.4) is 0 Å². The van der Waals surface area contributed by atoms with E-state index in [9.17, 15) is 4.79 Å². The summed E-state index contributed by atoms with van der Waals surface area (Å²) in [6.45, 7) is 1.49. The van der Waals surface area contributed by atoms with Gasteiger partial charge in [0.2, 0.25) is 11.7 Å². The van der Waals surface area contributed by atoms with E-state index in [4.69, 9.17) is 4.74 Å². The topological polar surface area (TPSA) is 85.2 Å². The van der Waals surface area contributed by atoms with Gasteiger partial charge < -0.3 is 15.0 Å². The number of hydrogen-bond donors (Lipinski definition) is 1. The molecule has 0 aliphatic carbocycles. The minimum absolute atomic E-state index is 0.00812. The number of para-hydroxylation sites is 1. The van der Waals surface area contributed by atoms with Crippen LogP contribution in [0, 0.1) is 0 Å². The molecule has 0 aliphatic rings. The number of amides is 1. The second-order valence-electron chi connectivity index (χ2n) is 6.62. The molecule has 0 aliphatic heterocycles. The largest absolute Gasteiger partial charge is 0.485 e. The first-order valence-corrected chi connectivity index (χ1v) is 9.03. The van der Waals surface area contributed by atoms with Crippen molar-refractivity contribution in [2.24, 2.45) is 0 Å². The SMILES string of the molecule is CN(C)Cc1ccccc1CNC(=O)Cn1nnc(COc2ccccc2)n1. The Hall–Kier alpha value is -3.26. The van der Waals surface area contributed by atoms with Gasteiger partial charge in [0.15, 0.2) is 6.61 Å². The van der Waals surface area contributed by atoms with E-state index in [2.05, 4.69) is 31.7 Å². The average Bonchev–Trinajstić information content (AvgIpc) is 3.13. The molecule has 3 rings (SSSR count). The minimum atomic E-state index is -0.174. The number of nitrogens with zero attached hydrogens (tertiary/aromatic N) is 5. The normalized spacial score (nSPS) is 10.8. The van der Waals surface area contributed by atoms with Crippen LogP contribution in [-0.2, 0) is 31.0 Å². The molecule has 3 aromatic rings. The van der Waals surface area contributed by atoms with Crippen LogP contribution >= 0.6 is 0 Å². The first-order valence-electron chi connectivity index (χ1n) is 9.03. The molecule has 1 aromatic heterocycles. The molecule has 0 radical (unpaired) electrons. The average molecular weight is 380 g/mol. The Kier molecular flexibility index (Phi) is 6.69. The third-order valence-corrected chi connectivity index (χ3v) is 3.97. The van der Waals surface area contributed by atoms with E-state index in [1.807, 2.05) is 62.6 Å². The van der Waals surface area contributed by atoms with Crippen molar-refractivity contribution in [2.45, 2.75) is 26.2 Å². The van der Waals surface area contributed by atoms with Crippen molar-refractivity contribution < 1.29 is 9.53 Å². The van der Waals surface area contributed by atoms with Gasteiger partial charge in [-0.25, -0.2) is 0 Å². The van der Waals surface area contributed by atoms with Gasteiger partial charge in [-0.15, -0.1) is 10.2 Å². The Bertz CT molecular complexity index is 894. The van der Waals surface area contributed by atoms with Gasteiger partial charge in [-0.3, -0.25) is 4.79 Å². The number of carbonyl (C=O) groups is 1. The number of nitrogens with one attached hydrogen (secondary N) is 1. The molecule has 28 heavy (non-hydrogen) atoms. The quantitative estimate of drug-likeness (QED) is 0.607. The van der Waals surface area contributed by atoms with Gasteiger partial charge in [0, 0.05) is 13.1 Å². The summed E-state index contributed by atoms with van der Waals surface area (Å²) in [6, 6.07) is 17.5. The lowest BCUT2D eigenvalue weighted by Crippen LogP contribution is -2.28. The van der Waals surface area contributed by atoms with Crippen molar-refractivity contribution in [2.75, 3.05) is 14.1 Å². The molecule has 0 unspecified atom stereocenters. The lowest BCUT2D eigenvalue weighted by Gasteiger charge is -2.14. The Morgan fingerprint density at radius 2 is 1.79 bits per heavy atom. The first kappa shape index (κ1) is 19.5. The Morgan fingerprint density at radius 1 is 1.07 bits per heavy atom. The van der Waals surface area contributed by atoms with Crippen LogP contribution in [-0.4, -0.2) is 45.1 Å². The lowest BCUT2D eigenvalue weighted by atomic mass is 10.1. The van der Waals surface area contributed by atoms with E-state index >= 15 is 0 Å². The van der Waals surface area contributed by atoms with E-state index in [-0.39, 0.29) is 19.1 Å². The molecule has 8 nitrogen and oxygen atoms in total. The van der Waals surface area contributed by atoms with E-state index in [1.54, 1.807) is 0 Å². The number of aromatic nitrogens is 4. The predicted octanol–water partition coefficient (Wildman–Crippen LogP) is 1.63. The van der Waals surface area contributed by atoms with Crippen LogP contribution in [0.4, 0.5) is 0 Å². The van der Waals surface area contributed by atoms with Crippen molar-refractivity contribution in [1.29, 1.82) is 0 Å². The molecule has 0 saturated carbocycles. The van der Waals surface area contributed by atoms with E-state index in [1.165, 1.54) is 10.4 Å². The van der Waals surface area contributed by atoms with Crippen molar-refractivity contribution in [3.05, 3.63) is 71.5 Å². The van der Waals surface area contributed by atoms with Gasteiger partial charge >= 0.3 is 0 Å². The lowest BCUT2D eigenvalue weighted by molar-refractivity contribution is -0.122. The molecule has 0 bridgehead atoms. The summed E-state index contributed by atoms with van der Waals surface area (Å²) in [6.07, 6.45) is 0. The zero-order valence-electron chi connectivity index (χ0n) is 16.1. The van der Waals surface area contributed by atoms with Crippen molar-refractivity contribution in [3.63, 3.8) is 0 Å². The van der Waals surface area contributed by atoms with Crippen molar-refractivity contribution in [1.82, 2.24) is 30.4 Å². The number of rotatable bonds is 9. The Balaban J connectivity index is 1.48. The molecule has 0 fully saturated rings. The van der Waals surface area contributed by atoms with Gasteiger partial charge in [-0.1, -0.05) is 42.5 Å². The third kappa shape index (κ3) is 5.88. The maximum absolute atomic E-state index is 12.2. The van der Waals surface area contributed by atoms with Crippen LogP contribution < -0.4 is 10.1 Å². The fraction of sp³-hybridized carbons (Fsp3) is 0.300. The molecule has 0 saturated heterocycles. The highest BCUT2D eigenvalue weighted by Gasteiger charge is 2.10. The maximum Gasteiger partial charge on any atom is 0.243 e. The molecule has 2 aromatic carbocycles. The second kappa shape index (κ2) is 9.61. The standard InChI is InChI=1S/C20H24N6O2/c1-25(2)13-17-9-7-6-8-16(17)12-21-20(27)14-26-23-19(22-24-26)15-28-18-10-4-3-5-11-18/h3-11H,12-15H2,1-2H3,(H,21,27). The molecule has 8 heteroatoms. The van der Waals surface area contributed by atoms with Crippen LogP contribution in [0.25, 0.3) is 0 Å². The fourth-order valence-electron chi connectivity index (χ4n) is 2.67. The van der Waals surface area contributed by atoms with Crippen LogP contribution in [0.1, 0.15) is 17.0 Å². The second-order valence-corrected chi connectivity index (χ2v) is 6.62. The molecule has 146 valence electrons. The minimum Gasteiger partial charge on any atom is -0.485 e. The number of benzene rings is 2. The summed E-state index contributed by atoms with van der Waals surface area (Å²) in [4.78, 5) is 15.6. The van der Waals surface area contributed by atoms with Gasteiger partial charge in [0.05, 0.1) is 0 Å². The first-order chi connectivity index (χ1) is 13.6. The fourth-order valence-corrected chi connectivity index (χ4v) is 2.67. The molecule has 0 spiro atoms. The van der Waals surface area contributed by atoms with E-state index in [0.29, 0.717) is 12.4 Å². The highest BCUT2D eigenvalue weighted by atomic mass is 16.5. The monoisotopic (exact) mass is 380 g/mol. The smallest absolute Gasteiger partial charge is 0.243 e. The number of ether oxygens (including phenoxy) is 1. The summed E-state index contributed by atoms with van der Waals surface area (Å²) in [5.41, 5.74) is 2.28. The molecule has 1 N–H and O–H groups in total. The van der Waals surface area contributed by atoms with Crippen LogP contribution in [0.5, 0.6) is 5.75 Å². The van der Waals surface area contributed by atoms with Gasteiger partial charge in [0.1, 0.15) is 12.3 Å².